The number of rotatable bonds is 4. The zero-order chi connectivity index (χ0) is 16.2. The van der Waals surface area contributed by atoms with Crippen molar-refractivity contribution in [2.75, 3.05) is 13.2 Å². The summed E-state index contributed by atoms with van der Waals surface area (Å²) in [6.45, 7) is 2.56. The fourth-order valence-corrected chi connectivity index (χ4v) is 2.94. The van der Waals surface area contributed by atoms with Gasteiger partial charge >= 0.3 is 6.09 Å². The SMILES string of the molecule is CC(=O)NC(c1ccc(C2C=COCC2)cc1)[C@@H]1CNC(=O)O1. The molecule has 1 fully saturated rings. The first kappa shape index (κ1) is 15.4. The van der Waals surface area contributed by atoms with Crippen LogP contribution in [0.5, 0.6) is 0 Å². The van der Waals surface area contributed by atoms with Crippen LogP contribution in [0.4, 0.5) is 4.79 Å². The summed E-state index contributed by atoms with van der Waals surface area (Å²) in [5.74, 6) is 0.192. The van der Waals surface area contributed by atoms with Crippen molar-refractivity contribution in [2.24, 2.45) is 0 Å². The van der Waals surface area contributed by atoms with Crippen LogP contribution in [0, 0.1) is 0 Å². The highest BCUT2D eigenvalue weighted by molar-refractivity contribution is 5.74. The van der Waals surface area contributed by atoms with E-state index in [0.29, 0.717) is 12.5 Å². The number of benzene rings is 1. The van der Waals surface area contributed by atoms with Crippen molar-refractivity contribution >= 4 is 12.0 Å². The highest BCUT2D eigenvalue weighted by Crippen LogP contribution is 2.27. The van der Waals surface area contributed by atoms with Crippen molar-refractivity contribution in [3.8, 4) is 0 Å². The number of hydrogen-bond donors (Lipinski definition) is 2. The van der Waals surface area contributed by atoms with E-state index >= 15 is 0 Å². The van der Waals surface area contributed by atoms with E-state index in [0.717, 1.165) is 18.6 Å². The van der Waals surface area contributed by atoms with E-state index in [4.69, 9.17) is 9.47 Å². The molecule has 6 heteroatoms. The maximum absolute atomic E-state index is 11.5. The fraction of sp³-hybridized carbons (Fsp3) is 0.412. The van der Waals surface area contributed by atoms with Gasteiger partial charge < -0.3 is 20.1 Å². The van der Waals surface area contributed by atoms with Crippen LogP contribution in [-0.2, 0) is 14.3 Å². The number of ether oxygens (including phenoxy) is 2. The van der Waals surface area contributed by atoms with Crippen LogP contribution in [0.1, 0.15) is 36.4 Å². The number of nitrogens with one attached hydrogen (secondary N) is 2. The van der Waals surface area contributed by atoms with Crippen molar-refractivity contribution < 1.29 is 19.1 Å². The van der Waals surface area contributed by atoms with E-state index in [9.17, 15) is 9.59 Å². The average Bonchev–Trinajstić information content (AvgIpc) is 3.00. The van der Waals surface area contributed by atoms with Crippen LogP contribution >= 0.6 is 0 Å². The van der Waals surface area contributed by atoms with Crippen molar-refractivity contribution in [3.63, 3.8) is 0 Å². The van der Waals surface area contributed by atoms with E-state index in [1.807, 2.05) is 18.2 Å². The molecule has 2 aliphatic rings. The number of hydrogen-bond acceptors (Lipinski definition) is 4. The summed E-state index contributed by atoms with van der Waals surface area (Å²) in [6.07, 6.45) is 3.89. The predicted octanol–water partition coefficient (Wildman–Crippen LogP) is 1.99. The zero-order valence-electron chi connectivity index (χ0n) is 13.0. The first-order valence-electron chi connectivity index (χ1n) is 7.73. The standard InChI is InChI=1S/C17H20N2O4/c1-11(20)19-16(15-10-18-17(21)23-15)14-4-2-12(3-5-14)13-6-8-22-9-7-13/h2-6,8,13,15-16H,7,9-10H2,1H3,(H,18,21)(H,19,20)/t13?,15-,16?/m0/s1. The van der Waals surface area contributed by atoms with Gasteiger partial charge in [-0.2, -0.15) is 0 Å². The second kappa shape index (κ2) is 6.73. The molecule has 1 saturated heterocycles. The summed E-state index contributed by atoms with van der Waals surface area (Å²) in [5, 5.41) is 5.49. The molecule has 2 aliphatic heterocycles. The van der Waals surface area contributed by atoms with Gasteiger partial charge in [0.25, 0.3) is 0 Å². The second-order valence-electron chi connectivity index (χ2n) is 5.76. The summed E-state index contributed by atoms with van der Waals surface area (Å²) in [5.41, 5.74) is 2.12. The third kappa shape index (κ3) is 3.64. The summed E-state index contributed by atoms with van der Waals surface area (Å²) >= 11 is 0. The molecule has 0 aromatic heterocycles. The minimum Gasteiger partial charge on any atom is -0.501 e. The molecule has 23 heavy (non-hydrogen) atoms. The van der Waals surface area contributed by atoms with Gasteiger partial charge in [0.1, 0.15) is 6.10 Å². The monoisotopic (exact) mass is 316 g/mol. The molecule has 3 rings (SSSR count). The number of alkyl carbamates (subject to hydrolysis) is 1. The summed E-state index contributed by atoms with van der Waals surface area (Å²) in [4.78, 5) is 22.8. The molecule has 2 amide bonds. The summed E-state index contributed by atoms with van der Waals surface area (Å²) < 4.78 is 10.5. The molecule has 0 spiro atoms. The molecule has 0 aliphatic carbocycles. The Hall–Kier alpha value is -2.50. The molecule has 6 nitrogen and oxygen atoms in total. The molecule has 3 atom stereocenters. The minimum absolute atomic E-state index is 0.158. The first-order chi connectivity index (χ1) is 11.1. The lowest BCUT2D eigenvalue weighted by Crippen LogP contribution is -2.36. The Morgan fingerprint density at radius 1 is 1.35 bits per heavy atom. The Bertz CT molecular complexity index is 612. The smallest absolute Gasteiger partial charge is 0.407 e. The Kier molecular flexibility index (Phi) is 4.50. The van der Waals surface area contributed by atoms with Gasteiger partial charge in [0.2, 0.25) is 5.91 Å². The van der Waals surface area contributed by atoms with Gasteiger partial charge in [-0.15, -0.1) is 0 Å². The first-order valence-corrected chi connectivity index (χ1v) is 7.73. The quantitative estimate of drug-likeness (QED) is 0.890. The van der Waals surface area contributed by atoms with Crippen LogP contribution in [0.3, 0.4) is 0 Å². The number of carbonyl (C=O) groups excluding carboxylic acids is 2. The van der Waals surface area contributed by atoms with Crippen LogP contribution in [0.2, 0.25) is 0 Å². The molecular weight excluding hydrogens is 296 g/mol. The lowest BCUT2D eigenvalue weighted by molar-refractivity contribution is -0.120. The number of allylic oxidation sites excluding steroid dienone is 1. The van der Waals surface area contributed by atoms with Gasteiger partial charge in [-0.1, -0.05) is 24.3 Å². The lowest BCUT2D eigenvalue weighted by Gasteiger charge is -2.24. The molecule has 0 saturated carbocycles. The third-order valence-corrected chi connectivity index (χ3v) is 4.11. The highest BCUT2D eigenvalue weighted by Gasteiger charge is 2.32. The molecule has 2 unspecified atom stereocenters. The number of cyclic esters (lactones) is 1. The molecule has 1 aromatic carbocycles. The molecule has 122 valence electrons. The Morgan fingerprint density at radius 3 is 2.70 bits per heavy atom. The Balaban J connectivity index is 1.78. The third-order valence-electron chi connectivity index (χ3n) is 4.11. The van der Waals surface area contributed by atoms with Crippen LogP contribution in [-0.4, -0.2) is 31.3 Å². The molecule has 1 aromatic rings. The van der Waals surface area contributed by atoms with Crippen molar-refractivity contribution in [1.82, 2.24) is 10.6 Å². The average molecular weight is 316 g/mol. The zero-order valence-corrected chi connectivity index (χ0v) is 13.0. The summed E-state index contributed by atoms with van der Waals surface area (Å²) in [7, 11) is 0. The fourth-order valence-electron chi connectivity index (χ4n) is 2.94. The minimum atomic E-state index is -0.450. The molecule has 2 N–H and O–H groups in total. The van der Waals surface area contributed by atoms with Gasteiger partial charge in [-0.3, -0.25) is 4.79 Å². The largest absolute Gasteiger partial charge is 0.501 e. The molecule has 0 radical (unpaired) electrons. The van der Waals surface area contributed by atoms with Gasteiger partial charge in [-0.05, 0) is 23.6 Å². The van der Waals surface area contributed by atoms with E-state index in [1.54, 1.807) is 6.26 Å². The maximum atomic E-state index is 11.5. The van der Waals surface area contributed by atoms with Crippen molar-refractivity contribution in [3.05, 3.63) is 47.7 Å². The molecule has 2 heterocycles. The Labute approximate surface area is 134 Å². The van der Waals surface area contributed by atoms with Crippen LogP contribution in [0.25, 0.3) is 0 Å². The van der Waals surface area contributed by atoms with Crippen molar-refractivity contribution in [1.29, 1.82) is 0 Å². The lowest BCUT2D eigenvalue weighted by atomic mass is 9.92. The normalized spacial score (nSPS) is 24.3. The van der Waals surface area contributed by atoms with Crippen molar-refractivity contribution in [2.45, 2.75) is 31.4 Å². The van der Waals surface area contributed by atoms with Gasteiger partial charge in [-0.25, -0.2) is 4.79 Å². The number of carbonyl (C=O) groups is 2. The van der Waals surface area contributed by atoms with Gasteiger partial charge in [0, 0.05) is 12.8 Å². The topological polar surface area (TPSA) is 76.7 Å². The van der Waals surface area contributed by atoms with E-state index in [-0.39, 0.29) is 11.9 Å². The van der Waals surface area contributed by atoms with E-state index in [1.165, 1.54) is 12.5 Å². The van der Waals surface area contributed by atoms with Gasteiger partial charge in [0.05, 0.1) is 25.5 Å². The number of amides is 2. The Morgan fingerprint density at radius 2 is 2.13 bits per heavy atom. The summed E-state index contributed by atoms with van der Waals surface area (Å²) in [6, 6.07) is 7.70. The maximum Gasteiger partial charge on any atom is 0.407 e. The predicted molar refractivity (Wildman–Crippen MR) is 83.7 cm³/mol. The van der Waals surface area contributed by atoms with E-state index in [2.05, 4.69) is 22.8 Å². The van der Waals surface area contributed by atoms with Gasteiger partial charge in [0.15, 0.2) is 0 Å². The molecule has 0 bridgehead atoms. The highest BCUT2D eigenvalue weighted by atomic mass is 16.6. The van der Waals surface area contributed by atoms with Crippen LogP contribution in [0.15, 0.2) is 36.6 Å². The second-order valence-corrected chi connectivity index (χ2v) is 5.76. The van der Waals surface area contributed by atoms with Crippen LogP contribution < -0.4 is 10.6 Å². The van der Waals surface area contributed by atoms with E-state index < -0.39 is 12.2 Å². The molecular formula is C17H20N2O4.